The van der Waals surface area contributed by atoms with E-state index in [2.05, 4.69) is 4.52 Å². The Morgan fingerprint density at radius 3 is 2.38 bits per heavy atom. The summed E-state index contributed by atoms with van der Waals surface area (Å²) in [4.78, 5) is 8.53. The largest absolute Gasteiger partial charge is 0.511 e. The van der Waals surface area contributed by atoms with Gasteiger partial charge in [-0.25, -0.2) is 4.57 Å². The lowest BCUT2D eigenvalue weighted by atomic mass is 9.83. The minimum absolute atomic E-state index is 0.599. The summed E-state index contributed by atoms with van der Waals surface area (Å²) in [5.74, 6) is 0. The summed E-state index contributed by atoms with van der Waals surface area (Å²) in [5, 5.41) is 0. The van der Waals surface area contributed by atoms with Gasteiger partial charge in [0.25, 0.3) is 0 Å². The fourth-order valence-electron chi connectivity index (χ4n) is 1.94. The van der Waals surface area contributed by atoms with E-state index in [1.54, 1.807) is 0 Å². The van der Waals surface area contributed by atoms with Gasteiger partial charge >= 0.3 is 7.91 Å². The normalized spacial score (nSPS) is 26.7. The van der Waals surface area contributed by atoms with E-state index in [0.29, 0.717) is 19.3 Å². The van der Waals surface area contributed by atoms with Crippen LogP contribution in [0.4, 0.5) is 4.20 Å². The van der Waals surface area contributed by atoms with Crippen LogP contribution in [0.3, 0.4) is 0 Å². The van der Waals surface area contributed by atoms with Crippen LogP contribution in [0.2, 0.25) is 0 Å². The van der Waals surface area contributed by atoms with Crippen molar-refractivity contribution in [3.05, 3.63) is 0 Å². The second-order valence-electron chi connectivity index (χ2n) is 3.64. The Hall–Kier alpha value is 0.0800. The van der Waals surface area contributed by atoms with Crippen LogP contribution >= 0.6 is 7.91 Å². The Balaban J connectivity index is 2.63. The van der Waals surface area contributed by atoms with Gasteiger partial charge in [-0.1, -0.05) is 26.2 Å². The third-order valence-electron chi connectivity index (χ3n) is 2.72. The van der Waals surface area contributed by atoms with Gasteiger partial charge in [0, 0.05) is 0 Å². The van der Waals surface area contributed by atoms with Gasteiger partial charge in [-0.2, -0.15) is 0 Å². The third-order valence-corrected chi connectivity index (χ3v) is 3.33. The van der Waals surface area contributed by atoms with Crippen molar-refractivity contribution in [2.45, 2.75) is 51.0 Å². The first-order chi connectivity index (χ1) is 5.97. The van der Waals surface area contributed by atoms with Gasteiger partial charge in [-0.05, 0) is 19.3 Å². The van der Waals surface area contributed by atoms with Gasteiger partial charge in [0.15, 0.2) is 0 Å². The number of rotatable bonds is 3. The van der Waals surface area contributed by atoms with Crippen LogP contribution in [-0.2, 0) is 9.09 Å². The van der Waals surface area contributed by atoms with Gasteiger partial charge in [-0.3, -0.25) is 9.42 Å². The Kier molecular flexibility index (Phi) is 3.50. The Morgan fingerprint density at radius 2 is 2.00 bits per heavy atom. The molecule has 1 atom stereocenters. The molecule has 1 unspecified atom stereocenters. The zero-order valence-electron chi connectivity index (χ0n) is 7.83. The maximum Gasteiger partial charge on any atom is 0.511 e. The van der Waals surface area contributed by atoms with Crippen molar-refractivity contribution in [1.82, 2.24) is 0 Å². The molecule has 3 nitrogen and oxygen atoms in total. The summed E-state index contributed by atoms with van der Waals surface area (Å²) < 4.78 is 27.7. The van der Waals surface area contributed by atoms with E-state index in [-0.39, 0.29) is 0 Å². The van der Waals surface area contributed by atoms with E-state index >= 15 is 0 Å². The molecule has 0 heterocycles. The van der Waals surface area contributed by atoms with Crippen molar-refractivity contribution >= 4 is 7.91 Å². The molecule has 0 saturated heterocycles. The first-order valence-corrected chi connectivity index (χ1v) is 6.17. The molecule has 5 heteroatoms. The van der Waals surface area contributed by atoms with Crippen LogP contribution in [0.1, 0.15) is 45.4 Å². The van der Waals surface area contributed by atoms with Gasteiger partial charge in [0.05, 0.1) is 5.60 Å². The van der Waals surface area contributed by atoms with Crippen molar-refractivity contribution in [2.24, 2.45) is 0 Å². The lowest BCUT2D eigenvalue weighted by molar-refractivity contribution is 0.00723. The van der Waals surface area contributed by atoms with Crippen LogP contribution in [0, 0.1) is 0 Å². The molecule has 1 N–H and O–H groups in total. The summed E-state index contributed by atoms with van der Waals surface area (Å²) in [7, 11) is -4.82. The van der Waals surface area contributed by atoms with Gasteiger partial charge in [-0.15, -0.1) is 4.20 Å². The highest BCUT2D eigenvalue weighted by Gasteiger charge is 2.38. The average Bonchev–Trinajstić information content (AvgIpc) is 2.03. The Labute approximate surface area is 77.9 Å². The van der Waals surface area contributed by atoms with E-state index < -0.39 is 13.5 Å². The quantitative estimate of drug-likeness (QED) is 0.727. The maximum absolute atomic E-state index is 12.5. The van der Waals surface area contributed by atoms with Crippen LogP contribution in [0.15, 0.2) is 0 Å². The first kappa shape index (κ1) is 11.2. The van der Waals surface area contributed by atoms with E-state index in [4.69, 9.17) is 4.89 Å². The molecule has 0 spiro atoms. The molecule has 0 radical (unpaired) electrons. The standard InChI is InChI=1S/C8H16FO3P/c1-2-8(12-13(9,10)11)6-4-3-5-7-8/h2-7H2,1H3,(H,10,11). The van der Waals surface area contributed by atoms with Crippen molar-refractivity contribution in [1.29, 1.82) is 0 Å². The summed E-state index contributed by atoms with van der Waals surface area (Å²) >= 11 is 0. The molecule has 1 rings (SSSR count). The van der Waals surface area contributed by atoms with Crippen molar-refractivity contribution in [3.8, 4) is 0 Å². The zero-order valence-corrected chi connectivity index (χ0v) is 8.73. The summed E-state index contributed by atoms with van der Waals surface area (Å²) in [6.07, 6.45) is 4.99. The second kappa shape index (κ2) is 4.07. The van der Waals surface area contributed by atoms with Crippen LogP contribution in [0.5, 0.6) is 0 Å². The highest BCUT2D eigenvalue weighted by Crippen LogP contribution is 2.52. The molecular formula is C8H16FO3P. The molecule has 13 heavy (non-hydrogen) atoms. The minimum Gasteiger partial charge on any atom is -0.299 e. The predicted molar refractivity (Wildman–Crippen MR) is 48.1 cm³/mol. The van der Waals surface area contributed by atoms with Crippen LogP contribution < -0.4 is 0 Å². The fraction of sp³-hybridized carbons (Fsp3) is 1.00. The summed E-state index contributed by atoms with van der Waals surface area (Å²) in [5.41, 5.74) is -0.683. The average molecular weight is 210 g/mol. The maximum atomic E-state index is 12.5. The van der Waals surface area contributed by atoms with E-state index in [9.17, 15) is 8.76 Å². The molecule has 0 aliphatic heterocycles. The number of hydrogen-bond acceptors (Lipinski definition) is 2. The summed E-state index contributed by atoms with van der Waals surface area (Å²) in [6, 6.07) is 0. The smallest absolute Gasteiger partial charge is 0.299 e. The molecule has 1 fully saturated rings. The Bertz CT molecular complexity index is 207. The van der Waals surface area contributed by atoms with Gasteiger partial charge in [0.1, 0.15) is 0 Å². The van der Waals surface area contributed by atoms with Crippen molar-refractivity contribution < 1.29 is 18.2 Å². The Morgan fingerprint density at radius 1 is 1.46 bits per heavy atom. The topological polar surface area (TPSA) is 46.5 Å². The lowest BCUT2D eigenvalue weighted by Crippen LogP contribution is -2.32. The number of halogens is 1. The first-order valence-electron chi connectivity index (χ1n) is 4.71. The highest BCUT2D eigenvalue weighted by atomic mass is 31.2. The molecule has 0 bridgehead atoms. The highest BCUT2D eigenvalue weighted by molar-refractivity contribution is 7.47. The fourth-order valence-corrected chi connectivity index (χ4v) is 2.73. The van der Waals surface area contributed by atoms with Crippen LogP contribution in [-0.4, -0.2) is 10.5 Å². The zero-order chi connectivity index (χ0) is 9.95. The molecular weight excluding hydrogens is 194 g/mol. The molecule has 1 aliphatic carbocycles. The van der Waals surface area contributed by atoms with Crippen molar-refractivity contribution in [3.63, 3.8) is 0 Å². The predicted octanol–water partition coefficient (Wildman–Crippen LogP) is 3.19. The van der Waals surface area contributed by atoms with Crippen molar-refractivity contribution in [2.75, 3.05) is 0 Å². The molecule has 0 amide bonds. The number of hydrogen-bond donors (Lipinski definition) is 1. The second-order valence-corrected chi connectivity index (χ2v) is 4.73. The minimum atomic E-state index is -4.82. The van der Waals surface area contributed by atoms with E-state index in [1.165, 1.54) is 0 Å². The summed E-state index contributed by atoms with van der Waals surface area (Å²) in [6.45, 7) is 1.86. The van der Waals surface area contributed by atoms with Gasteiger partial charge in [0.2, 0.25) is 0 Å². The molecule has 0 aromatic rings. The van der Waals surface area contributed by atoms with E-state index in [1.807, 2.05) is 6.92 Å². The van der Waals surface area contributed by atoms with E-state index in [0.717, 1.165) is 19.3 Å². The lowest BCUT2D eigenvalue weighted by Gasteiger charge is -2.35. The molecule has 1 aliphatic rings. The molecule has 0 aromatic heterocycles. The monoisotopic (exact) mass is 210 g/mol. The third kappa shape index (κ3) is 3.37. The van der Waals surface area contributed by atoms with Gasteiger partial charge < -0.3 is 0 Å². The molecule has 1 saturated carbocycles. The molecule has 0 aromatic carbocycles. The molecule has 78 valence electrons. The SMILES string of the molecule is CCC1(OP(=O)(O)F)CCCCC1. The van der Waals surface area contributed by atoms with Crippen LogP contribution in [0.25, 0.3) is 0 Å².